The molecular formula is C13H15ClN2O2. The zero-order valence-corrected chi connectivity index (χ0v) is 10.7. The topological polar surface area (TPSA) is 52.9 Å². The fourth-order valence-corrected chi connectivity index (χ4v) is 2.23. The number of carbonyl (C=O) groups excluding carboxylic acids is 1. The first-order valence-electron chi connectivity index (χ1n) is 5.91. The molecule has 1 aromatic carbocycles. The smallest absolute Gasteiger partial charge is 0.227 e. The number of carbonyl (C=O) groups is 1. The van der Waals surface area contributed by atoms with E-state index in [1.165, 1.54) is 0 Å². The Morgan fingerprint density at radius 1 is 1.33 bits per heavy atom. The zero-order valence-electron chi connectivity index (χ0n) is 9.97. The Bertz CT molecular complexity index is 464. The van der Waals surface area contributed by atoms with E-state index in [0.29, 0.717) is 37.4 Å². The van der Waals surface area contributed by atoms with Crippen LogP contribution in [0, 0.1) is 0 Å². The lowest BCUT2D eigenvalue weighted by atomic mass is 10.1. The maximum absolute atomic E-state index is 12.1. The highest BCUT2D eigenvalue weighted by molar-refractivity contribution is 6.31. The summed E-state index contributed by atoms with van der Waals surface area (Å²) < 4.78 is 0. The van der Waals surface area contributed by atoms with Crippen molar-refractivity contribution >= 4 is 23.2 Å². The second-order valence-electron chi connectivity index (χ2n) is 4.32. The Labute approximate surface area is 111 Å². The molecule has 1 aliphatic rings. The van der Waals surface area contributed by atoms with Gasteiger partial charge in [-0.25, -0.2) is 0 Å². The van der Waals surface area contributed by atoms with Gasteiger partial charge in [0.25, 0.3) is 0 Å². The lowest BCUT2D eigenvalue weighted by Crippen LogP contribution is -2.39. The molecule has 1 saturated heterocycles. The Kier molecular flexibility index (Phi) is 4.20. The van der Waals surface area contributed by atoms with E-state index in [1.54, 1.807) is 11.0 Å². The van der Waals surface area contributed by atoms with Crippen LogP contribution >= 0.6 is 11.6 Å². The van der Waals surface area contributed by atoms with Crippen molar-refractivity contribution in [1.29, 1.82) is 0 Å². The van der Waals surface area contributed by atoms with Crippen molar-refractivity contribution in [3.05, 3.63) is 34.9 Å². The van der Waals surface area contributed by atoms with Gasteiger partial charge in [-0.3, -0.25) is 4.79 Å². The van der Waals surface area contributed by atoms with Crippen LogP contribution < -0.4 is 0 Å². The van der Waals surface area contributed by atoms with E-state index in [1.807, 2.05) is 18.2 Å². The molecule has 5 heteroatoms. The summed E-state index contributed by atoms with van der Waals surface area (Å²) in [6, 6.07) is 7.38. The molecule has 1 aromatic rings. The van der Waals surface area contributed by atoms with Crippen molar-refractivity contribution in [3.8, 4) is 0 Å². The third-order valence-corrected chi connectivity index (χ3v) is 3.50. The predicted molar refractivity (Wildman–Crippen MR) is 70.2 cm³/mol. The lowest BCUT2D eigenvalue weighted by Gasteiger charge is -2.27. The minimum absolute atomic E-state index is 0.0695. The summed E-state index contributed by atoms with van der Waals surface area (Å²) in [5, 5.41) is 12.5. The summed E-state index contributed by atoms with van der Waals surface area (Å²) in [7, 11) is 0. The van der Waals surface area contributed by atoms with E-state index in [9.17, 15) is 4.79 Å². The SMILES string of the molecule is O=C(Cc1ccccc1Cl)N1CCC(=NO)CC1. The maximum atomic E-state index is 12.1. The normalized spacial score (nSPS) is 15.6. The van der Waals surface area contributed by atoms with Gasteiger partial charge in [0.1, 0.15) is 0 Å². The van der Waals surface area contributed by atoms with Crippen LogP contribution in [0.1, 0.15) is 18.4 Å². The fraction of sp³-hybridized carbons (Fsp3) is 0.385. The van der Waals surface area contributed by atoms with E-state index >= 15 is 0 Å². The number of hydrogen-bond acceptors (Lipinski definition) is 3. The molecule has 4 nitrogen and oxygen atoms in total. The van der Waals surface area contributed by atoms with Gasteiger partial charge in [-0.05, 0) is 11.6 Å². The van der Waals surface area contributed by atoms with Crippen LogP contribution in [-0.2, 0) is 11.2 Å². The fourth-order valence-electron chi connectivity index (χ4n) is 2.03. The van der Waals surface area contributed by atoms with Gasteiger partial charge in [0.15, 0.2) is 0 Å². The molecule has 96 valence electrons. The minimum atomic E-state index is 0.0695. The third-order valence-electron chi connectivity index (χ3n) is 3.13. The average molecular weight is 267 g/mol. The van der Waals surface area contributed by atoms with E-state index < -0.39 is 0 Å². The first-order valence-corrected chi connectivity index (χ1v) is 6.29. The number of oxime groups is 1. The molecule has 2 rings (SSSR count). The molecule has 18 heavy (non-hydrogen) atoms. The highest BCUT2D eigenvalue weighted by Crippen LogP contribution is 2.17. The molecule has 1 heterocycles. The number of amides is 1. The minimum Gasteiger partial charge on any atom is -0.411 e. The predicted octanol–water partition coefficient (Wildman–Crippen LogP) is 2.34. The lowest BCUT2D eigenvalue weighted by molar-refractivity contribution is -0.130. The summed E-state index contributed by atoms with van der Waals surface area (Å²) in [6.45, 7) is 1.23. The number of benzene rings is 1. The highest BCUT2D eigenvalue weighted by Gasteiger charge is 2.20. The highest BCUT2D eigenvalue weighted by atomic mass is 35.5. The molecule has 0 unspecified atom stereocenters. The first-order chi connectivity index (χ1) is 8.70. The molecule has 1 aliphatic heterocycles. The third kappa shape index (κ3) is 3.01. The van der Waals surface area contributed by atoms with Crippen LogP contribution in [0.2, 0.25) is 5.02 Å². The number of piperidine rings is 1. The number of rotatable bonds is 2. The molecule has 1 amide bonds. The average Bonchev–Trinajstić information content (AvgIpc) is 2.41. The van der Waals surface area contributed by atoms with Crippen LogP contribution in [-0.4, -0.2) is 34.8 Å². The Balaban J connectivity index is 1.95. The van der Waals surface area contributed by atoms with Gasteiger partial charge in [-0.2, -0.15) is 0 Å². The zero-order chi connectivity index (χ0) is 13.0. The van der Waals surface area contributed by atoms with E-state index in [0.717, 1.165) is 11.3 Å². The second kappa shape index (κ2) is 5.87. The Morgan fingerprint density at radius 3 is 2.61 bits per heavy atom. The van der Waals surface area contributed by atoms with Crippen molar-refractivity contribution in [3.63, 3.8) is 0 Å². The summed E-state index contributed by atoms with van der Waals surface area (Å²) >= 11 is 6.03. The largest absolute Gasteiger partial charge is 0.411 e. The molecule has 1 fully saturated rings. The van der Waals surface area contributed by atoms with Gasteiger partial charge in [0, 0.05) is 31.0 Å². The van der Waals surface area contributed by atoms with Gasteiger partial charge < -0.3 is 10.1 Å². The van der Waals surface area contributed by atoms with Gasteiger partial charge in [-0.15, -0.1) is 0 Å². The number of nitrogens with zero attached hydrogens (tertiary/aromatic N) is 2. The van der Waals surface area contributed by atoms with Crippen LogP contribution in [0.5, 0.6) is 0 Å². The molecule has 0 atom stereocenters. The summed E-state index contributed by atoms with van der Waals surface area (Å²) in [6.07, 6.45) is 1.61. The van der Waals surface area contributed by atoms with E-state index in [-0.39, 0.29) is 5.91 Å². The van der Waals surface area contributed by atoms with E-state index in [2.05, 4.69) is 5.16 Å². The van der Waals surface area contributed by atoms with Crippen LogP contribution in [0.3, 0.4) is 0 Å². The number of likely N-dealkylation sites (tertiary alicyclic amines) is 1. The molecule has 0 saturated carbocycles. The van der Waals surface area contributed by atoms with Gasteiger partial charge in [-0.1, -0.05) is 35.0 Å². The van der Waals surface area contributed by atoms with Crippen LogP contribution in [0.15, 0.2) is 29.4 Å². The first kappa shape index (κ1) is 12.9. The molecule has 0 bridgehead atoms. The number of halogens is 1. The molecule has 0 spiro atoms. The molecule has 0 radical (unpaired) electrons. The van der Waals surface area contributed by atoms with Gasteiger partial charge >= 0.3 is 0 Å². The standard InChI is InChI=1S/C13H15ClN2O2/c14-12-4-2-1-3-10(12)9-13(17)16-7-5-11(15-18)6-8-16/h1-4,18H,5-9H2. The maximum Gasteiger partial charge on any atom is 0.227 e. The van der Waals surface area contributed by atoms with Crippen LogP contribution in [0.25, 0.3) is 0 Å². The van der Waals surface area contributed by atoms with Gasteiger partial charge in [0.05, 0.1) is 12.1 Å². The molecular weight excluding hydrogens is 252 g/mol. The van der Waals surface area contributed by atoms with Crippen molar-refractivity contribution in [2.45, 2.75) is 19.3 Å². The quantitative estimate of drug-likeness (QED) is 0.660. The van der Waals surface area contributed by atoms with Crippen molar-refractivity contribution in [2.24, 2.45) is 5.16 Å². The summed E-state index contributed by atoms with van der Waals surface area (Å²) in [4.78, 5) is 13.9. The van der Waals surface area contributed by atoms with Gasteiger partial charge in [0.2, 0.25) is 5.91 Å². The monoisotopic (exact) mass is 266 g/mol. The molecule has 1 N–H and O–H groups in total. The molecule has 0 aromatic heterocycles. The van der Waals surface area contributed by atoms with Crippen molar-refractivity contribution in [1.82, 2.24) is 4.90 Å². The summed E-state index contributed by atoms with van der Waals surface area (Å²) in [5.41, 5.74) is 1.61. The van der Waals surface area contributed by atoms with Crippen LogP contribution in [0.4, 0.5) is 0 Å². The summed E-state index contributed by atoms with van der Waals surface area (Å²) in [5.74, 6) is 0.0695. The number of hydrogen-bond donors (Lipinski definition) is 1. The second-order valence-corrected chi connectivity index (χ2v) is 4.72. The van der Waals surface area contributed by atoms with Crippen molar-refractivity contribution < 1.29 is 10.0 Å². The Hall–Kier alpha value is -1.55. The Morgan fingerprint density at radius 2 is 2.00 bits per heavy atom. The van der Waals surface area contributed by atoms with E-state index in [4.69, 9.17) is 16.8 Å². The van der Waals surface area contributed by atoms with Crippen molar-refractivity contribution in [2.75, 3.05) is 13.1 Å². The molecule has 0 aliphatic carbocycles.